The van der Waals surface area contributed by atoms with E-state index in [9.17, 15) is 19.2 Å². The zero-order chi connectivity index (χ0) is 13.6. The van der Waals surface area contributed by atoms with E-state index in [1.807, 2.05) is 0 Å². The third kappa shape index (κ3) is 1.74. The van der Waals surface area contributed by atoms with Crippen molar-refractivity contribution >= 4 is 34.7 Å². The Morgan fingerprint density at radius 1 is 0.947 bits per heavy atom. The van der Waals surface area contributed by atoms with Crippen molar-refractivity contribution in [2.75, 3.05) is 12.4 Å². The number of carbonyl (C=O) groups excluding carboxylic acids is 4. The van der Waals surface area contributed by atoms with Crippen LogP contribution in [0.4, 0.5) is 4.79 Å². The second kappa shape index (κ2) is 4.20. The Morgan fingerprint density at radius 3 is 2.00 bits per heavy atom. The van der Waals surface area contributed by atoms with E-state index in [0.29, 0.717) is 11.1 Å². The Bertz CT molecular complexity index is 577. The van der Waals surface area contributed by atoms with Crippen LogP contribution < -0.4 is 0 Å². The maximum atomic E-state index is 12.1. The molecule has 0 N–H and O–H groups in total. The monoisotopic (exact) mass is 276 g/mol. The van der Waals surface area contributed by atoms with E-state index >= 15 is 0 Å². The second-order valence-electron chi connectivity index (χ2n) is 4.10. The van der Waals surface area contributed by atoms with Crippen LogP contribution in [-0.4, -0.2) is 45.2 Å². The van der Waals surface area contributed by atoms with Crippen LogP contribution in [0.3, 0.4) is 0 Å². The number of hydrogen-bond acceptors (Lipinski definition) is 5. The molecule has 0 unspecified atom stereocenters. The largest absolute Gasteiger partial charge is 0.290 e. The van der Waals surface area contributed by atoms with Gasteiger partial charge >= 0.3 is 0 Å². The Morgan fingerprint density at radius 2 is 1.53 bits per heavy atom. The van der Waals surface area contributed by atoms with Crippen LogP contribution in [0.1, 0.15) is 20.7 Å². The van der Waals surface area contributed by atoms with Gasteiger partial charge in [0, 0.05) is 0 Å². The molecule has 2 aliphatic rings. The van der Waals surface area contributed by atoms with Crippen LogP contribution in [0.5, 0.6) is 0 Å². The van der Waals surface area contributed by atoms with E-state index in [4.69, 9.17) is 0 Å². The SMILES string of the molecule is O=C1CSC(=O)N1CN1C(=O)c2ccccc2C1=O. The number of thioether (sulfide) groups is 1. The van der Waals surface area contributed by atoms with E-state index in [1.54, 1.807) is 24.3 Å². The van der Waals surface area contributed by atoms with E-state index < -0.39 is 17.1 Å². The quantitative estimate of drug-likeness (QED) is 0.751. The molecule has 6 nitrogen and oxygen atoms in total. The third-order valence-corrected chi connectivity index (χ3v) is 3.86. The van der Waals surface area contributed by atoms with Gasteiger partial charge in [-0.2, -0.15) is 0 Å². The summed E-state index contributed by atoms with van der Waals surface area (Å²) in [6, 6.07) is 6.43. The molecule has 2 heterocycles. The smallest absolute Gasteiger partial charge is 0.273 e. The van der Waals surface area contributed by atoms with Crippen LogP contribution >= 0.6 is 11.8 Å². The van der Waals surface area contributed by atoms with Crippen molar-refractivity contribution in [2.45, 2.75) is 0 Å². The highest BCUT2D eigenvalue weighted by Crippen LogP contribution is 2.25. The first-order chi connectivity index (χ1) is 9.09. The number of carbonyl (C=O) groups is 4. The van der Waals surface area contributed by atoms with Crippen LogP contribution in [0, 0.1) is 0 Å². The summed E-state index contributed by atoms with van der Waals surface area (Å²) in [4.78, 5) is 48.9. The van der Waals surface area contributed by atoms with E-state index in [1.165, 1.54) is 0 Å². The van der Waals surface area contributed by atoms with Gasteiger partial charge in [-0.3, -0.25) is 29.0 Å². The Kier molecular flexibility index (Phi) is 2.63. The molecule has 96 valence electrons. The summed E-state index contributed by atoms with van der Waals surface area (Å²) >= 11 is 0.871. The van der Waals surface area contributed by atoms with Gasteiger partial charge < -0.3 is 0 Å². The van der Waals surface area contributed by atoms with Crippen molar-refractivity contribution in [3.8, 4) is 0 Å². The minimum atomic E-state index is -0.474. The highest BCUT2D eigenvalue weighted by molar-refractivity contribution is 8.14. The molecule has 19 heavy (non-hydrogen) atoms. The van der Waals surface area contributed by atoms with Gasteiger partial charge in [-0.1, -0.05) is 23.9 Å². The molecule has 1 saturated heterocycles. The van der Waals surface area contributed by atoms with Gasteiger partial charge in [0.1, 0.15) is 6.67 Å². The fraction of sp³-hybridized carbons (Fsp3) is 0.167. The number of benzene rings is 1. The maximum Gasteiger partial charge on any atom is 0.290 e. The van der Waals surface area contributed by atoms with Gasteiger partial charge in [-0.15, -0.1) is 0 Å². The molecule has 0 spiro atoms. The Labute approximate surface area is 112 Å². The number of fused-ring (bicyclic) bond motifs is 1. The third-order valence-electron chi connectivity index (χ3n) is 3.00. The van der Waals surface area contributed by atoms with Crippen molar-refractivity contribution in [1.29, 1.82) is 0 Å². The summed E-state index contributed by atoms with van der Waals surface area (Å²) in [5.41, 5.74) is 0.610. The molecule has 0 atom stereocenters. The van der Waals surface area contributed by atoms with Crippen molar-refractivity contribution in [2.24, 2.45) is 0 Å². The minimum Gasteiger partial charge on any atom is -0.273 e. The first-order valence-electron chi connectivity index (χ1n) is 5.52. The fourth-order valence-electron chi connectivity index (χ4n) is 2.03. The molecule has 0 aromatic heterocycles. The molecular formula is C12H8N2O4S. The summed E-state index contributed by atoms with van der Waals surface area (Å²) < 4.78 is 0. The van der Waals surface area contributed by atoms with Gasteiger partial charge in [0.15, 0.2) is 0 Å². The molecule has 7 heteroatoms. The lowest BCUT2D eigenvalue weighted by atomic mass is 10.1. The van der Waals surface area contributed by atoms with Crippen LogP contribution in [0.15, 0.2) is 24.3 Å². The summed E-state index contributed by atoms with van der Waals surface area (Å²) in [5.74, 6) is -1.27. The molecule has 3 rings (SSSR count). The molecule has 0 saturated carbocycles. The van der Waals surface area contributed by atoms with Crippen molar-refractivity contribution in [1.82, 2.24) is 9.80 Å². The first kappa shape index (κ1) is 11.9. The van der Waals surface area contributed by atoms with E-state index in [2.05, 4.69) is 0 Å². The highest BCUT2D eigenvalue weighted by atomic mass is 32.2. The summed E-state index contributed by atoms with van der Waals surface area (Å²) in [6.45, 7) is -0.309. The lowest BCUT2D eigenvalue weighted by Crippen LogP contribution is -2.43. The molecule has 1 fully saturated rings. The Balaban J connectivity index is 1.89. The second-order valence-corrected chi connectivity index (χ2v) is 5.03. The van der Waals surface area contributed by atoms with Crippen molar-refractivity contribution in [3.63, 3.8) is 0 Å². The average Bonchev–Trinajstić information content (AvgIpc) is 2.85. The first-order valence-corrected chi connectivity index (χ1v) is 6.50. The molecule has 1 aromatic rings. The molecule has 1 aromatic carbocycles. The summed E-state index contributed by atoms with van der Waals surface area (Å²) in [5, 5.41) is -0.429. The number of nitrogens with zero attached hydrogens (tertiary/aromatic N) is 2. The lowest BCUT2D eigenvalue weighted by molar-refractivity contribution is -0.125. The predicted octanol–water partition coefficient (Wildman–Crippen LogP) is 0.936. The van der Waals surface area contributed by atoms with Crippen LogP contribution in [0.2, 0.25) is 0 Å². The molecule has 2 aliphatic heterocycles. The number of amides is 4. The summed E-state index contributed by atoms with van der Waals surface area (Å²) in [7, 11) is 0. The topological polar surface area (TPSA) is 74.8 Å². The van der Waals surface area contributed by atoms with Gasteiger partial charge in [-0.25, -0.2) is 0 Å². The Hall–Kier alpha value is -2.15. The van der Waals surface area contributed by atoms with E-state index in [0.717, 1.165) is 21.6 Å². The molecular weight excluding hydrogens is 268 g/mol. The maximum absolute atomic E-state index is 12.1. The predicted molar refractivity (Wildman–Crippen MR) is 66.5 cm³/mol. The van der Waals surface area contributed by atoms with Gasteiger partial charge in [-0.05, 0) is 12.1 Å². The molecule has 0 radical (unpaired) electrons. The lowest BCUT2D eigenvalue weighted by Gasteiger charge is -2.19. The molecule has 0 aliphatic carbocycles. The number of rotatable bonds is 2. The number of hydrogen-bond donors (Lipinski definition) is 0. The fourth-order valence-corrected chi connectivity index (χ4v) is 2.74. The van der Waals surface area contributed by atoms with Crippen molar-refractivity contribution in [3.05, 3.63) is 35.4 Å². The van der Waals surface area contributed by atoms with Crippen LogP contribution in [0.25, 0.3) is 0 Å². The number of imide groups is 2. The van der Waals surface area contributed by atoms with Gasteiger partial charge in [0.05, 0.1) is 16.9 Å². The molecule has 4 amide bonds. The van der Waals surface area contributed by atoms with E-state index in [-0.39, 0.29) is 18.3 Å². The average molecular weight is 276 g/mol. The zero-order valence-electron chi connectivity index (χ0n) is 9.66. The standard InChI is InChI=1S/C12H8N2O4S/c15-9-5-19-12(18)13(9)6-14-10(16)7-3-1-2-4-8(7)11(14)17/h1-4H,5-6H2. The minimum absolute atomic E-state index is 0.0575. The normalized spacial score (nSPS) is 18.5. The van der Waals surface area contributed by atoms with Gasteiger partial charge in [0.2, 0.25) is 5.91 Å². The summed E-state index contributed by atoms with van der Waals surface area (Å²) in [6.07, 6.45) is 0. The van der Waals surface area contributed by atoms with Crippen molar-refractivity contribution < 1.29 is 19.2 Å². The highest BCUT2D eigenvalue weighted by Gasteiger charge is 2.40. The molecule has 0 bridgehead atoms. The van der Waals surface area contributed by atoms with Crippen LogP contribution in [-0.2, 0) is 4.79 Å². The zero-order valence-corrected chi connectivity index (χ0v) is 10.5. The van der Waals surface area contributed by atoms with Gasteiger partial charge in [0.25, 0.3) is 17.1 Å².